The topological polar surface area (TPSA) is 26.3 Å². The van der Waals surface area contributed by atoms with Crippen molar-refractivity contribution in [2.24, 2.45) is 0 Å². The van der Waals surface area contributed by atoms with E-state index in [1.165, 1.54) is 5.56 Å². The molecule has 2 aromatic carbocycles. The van der Waals surface area contributed by atoms with Crippen molar-refractivity contribution < 1.29 is 9.53 Å². The Hall–Kier alpha value is -1.61. The van der Waals surface area contributed by atoms with Gasteiger partial charge in [0.2, 0.25) is 0 Å². The predicted molar refractivity (Wildman–Crippen MR) is 89.3 cm³/mol. The fourth-order valence-corrected chi connectivity index (χ4v) is 2.62. The van der Waals surface area contributed by atoms with Crippen LogP contribution in [0, 0.1) is 0 Å². The molecule has 0 bridgehead atoms. The molecule has 0 aliphatic carbocycles. The summed E-state index contributed by atoms with van der Waals surface area (Å²) in [7, 11) is 1.61. The van der Waals surface area contributed by atoms with Gasteiger partial charge in [-0.1, -0.05) is 45.0 Å². The lowest BCUT2D eigenvalue weighted by Gasteiger charge is -2.19. The summed E-state index contributed by atoms with van der Waals surface area (Å²) in [6.07, 6.45) is 0. The first-order valence-corrected chi connectivity index (χ1v) is 7.61. The molecule has 0 amide bonds. The minimum absolute atomic E-state index is 0.00462. The van der Waals surface area contributed by atoms with E-state index in [2.05, 4.69) is 36.7 Å². The second-order valence-electron chi connectivity index (χ2n) is 6.00. The number of ether oxygens (including phenoxy) is 1. The standard InChI is InChI=1S/C18H19BrO2/c1-18(2,3)13-7-5-12(6-8-13)17(20)15-10-9-14(21-4)11-16(15)19/h5-11H,1-4H3. The van der Waals surface area contributed by atoms with Crippen LogP contribution in [0.4, 0.5) is 0 Å². The van der Waals surface area contributed by atoms with Gasteiger partial charge < -0.3 is 4.74 Å². The van der Waals surface area contributed by atoms with Crippen molar-refractivity contribution in [2.45, 2.75) is 26.2 Å². The summed E-state index contributed by atoms with van der Waals surface area (Å²) in [6.45, 7) is 6.47. The summed E-state index contributed by atoms with van der Waals surface area (Å²) in [6, 6.07) is 13.2. The molecule has 0 fully saturated rings. The van der Waals surface area contributed by atoms with E-state index in [9.17, 15) is 4.79 Å². The smallest absolute Gasteiger partial charge is 0.194 e. The highest BCUT2D eigenvalue weighted by Crippen LogP contribution is 2.27. The number of benzene rings is 2. The second-order valence-corrected chi connectivity index (χ2v) is 6.86. The first kappa shape index (κ1) is 15.8. The lowest BCUT2D eigenvalue weighted by atomic mass is 9.86. The maximum absolute atomic E-state index is 12.6. The lowest BCUT2D eigenvalue weighted by molar-refractivity contribution is 0.103. The van der Waals surface area contributed by atoms with Crippen LogP contribution < -0.4 is 4.74 Å². The van der Waals surface area contributed by atoms with Gasteiger partial charge in [0.05, 0.1) is 7.11 Å². The Morgan fingerprint density at radius 3 is 2.14 bits per heavy atom. The molecule has 0 spiro atoms. The Morgan fingerprint density at radius 1 is 1.05 bits per heavy atom. The van der Waals surface area contributed by atoms with Gasteiger partial charge >= 0.3 is 0 Å². The highest BCUT2D eigenvalue weighted by atomic mass is 79.9. The number of ketones is 1. The highest BCUT2D eigenvalue weighted by molar-refractivity contribution is 9.10. The minimum Gasteiger partial charge on any atom is -0.497 e. The zero-order valence-electron chi connectivity index (χ0n) is 12.7. The quantitative estimate of drug-likeness (QED) is 0.732. The number of carbonyl (C=O) groups is 1. The Balaban J connectivity index is 2.32. The van der Waals surface area contributed by atoms with Crippen LogP contribution in [0.5, 0.6) is 5.75 Å². The summed E-state index contributed by atoms with van der Waals surface area (Å²) in [5.41, 5.74) is 2.63. The average molecular weight is 347 g/mol. The molecule has 0 saturated heterocycles. The molecule has 2 rings (SSSR count). The van der Waals surface area contributed by atoms with E-state index in [0.717, 1.165) is 10.2 Å². The second kappa shape index (κ2) is 6.02. The van der Waals surface area contributed by atoms with Gasteiger partial charge in [-0.2, -0.15) is 0 Å². The number of rotatable bonds is 3. The Kier molecular flexibility index (Phi) is 4.52. The van der Waals surface area contributed by atoms with Crippen LogP contribution in [-0.4, -0.2) is 12.9 Å². The number of hydrogen-bond donors (Lipinski definition) is 0. The van der Waals surface area contributed by atoms with E-state index in [1.807, 2.05) is 24.3 Å². The fraction of sp³-hybridized carbons (Fsp3) is 0.278. The van der Waals surface area contributed by atoms with Gasteiger partial charge in [0, 0.05) is 15.6 Å². The van der Waals surface area contributed by atoms with Crippen LogP contribution in [0.2, 0.25) is 0 Å². The van der Waals surface area contributed by atoms with E-state index in [4.69, 9.17) is 4.74 Å². The molecule has 2 nitrogen and oxygen atoms in total. The molecule has 0 atom stereocenters. The third-order valence-corrected chi connectivity index (χ3v) is 4.09. The van der Waals surface area contributed by atoms with Crippen molar-refractivity contribution in [2.75, 3.05) is 7.11 Å². The van der Waals surface area contributed by atoms with Crippen LogP contribution in [-0.2, 0) is 5.41 Å². The van der Waals surface area contributed by atoms with E-state index in [1.54, 1.807) is 25.3 Å². The van der Waals surface area contributed by atoms with Crippen LogP contribution in [0.15, 0.2) is 46.9 Å². The molecule has 3 heteroatoms. The van der Waals surface area contributed by atoms with Crippen LogP contribution in [0.25, 0.3) is 0 Å². The molecule has 0 unspecified atom stereocenters. The van der Waals surface area contributed by atoms with Gasteiger partial charge in [-0.3, -0.25) is 4.79 Å². The van der Waals surface area contributed by atoms with Crippen molar-refractivity contribution in [1.29, 1.82) is 0 Å². The SMILES string of the molecule is COc1ccc(C(=O)c2ccc(C(C)(C)C)cc2)c(Br)c1. The van der Waals surface area contributed by atoms with E-state index < -0.39 is 0 Å². The maximum Gasteiger partial charge on any atom is 0.194 e. The fourth-order valence-electron chi connectivity index (χ4n) is 2.08. The Labute approximate surface area is 134 Å². The molecular formula is C18H19BrO2. The van der Waals surface area contributed by atoms with Gasteiger partial charge in [0.15, 0.2) is 5.78 Å². The highest BCUT2D eigenvalue weighted by Gasteiger charge is 2.16. The van der Waals surface area contributed by atoms with Crippen molar-refractivity contribution in [1.82, 2.24) is 0 Å². The molecule has 0 heterocycles. The third kappa shape index (κ3) is 3.53. The molecule has 2 aromatic rings. The first-order valence-electron chi connectivity index (χ1n) is 6.81. The molecule has 0 aliphatic heterocycles. The van der Waals surface area contributed by atoms with Gasteiger partial charge in [0.1, 0.15) is 5.75 Å². The van der Waals surface area contributed by atoms with Crippen molar-refractivity contribution in [3.8, 4) is 5.75 Å². The maximum atomic E-state index is 12.6. The van der Waals surface area contributed by atoms with Crippen LogP contribution in [0.1, 0.15) is 42.3 Å². The summed E-state index contributed by atoms with van der Waals surface area (Å²) in [5.74, 6) is 0.728. The molecule has 0 N–H and O–H groups in total. The summed E-state index contributed by atoms with van der Waals surface area (Å²) in [4.78, 5) is 12.6. The number of halogens is 1. The van der Waals surface area contributed by atoms with Gasteiger partial charge in [-0.15, -0.1) is 0 Å². The zero-order valence-corrected chi connectivity index (χ0v) is 14.3. The number of carbonyl (C=O) groups excluding carboxylic acids is 1. The summed E-state index contributed by atoms with van der Waals surface area (Å²) >= 11 is 3.43. The molecule has 0 radical (unpaired) electrons. The molecular weight excluding hydrogens is 328 g/mol. The van der Waals surface area contributed by atoms with Gasteiger partial charge in [0.25, 0.3) is 0 Å². The van der Waals surface area contributed by atoms with Crippen molar-refractivity contribution in [3.05, 3.63) is 63.6 Å². The van der Waals surface area contributed by atoms with Crippen LogP contribution >= 0.6 is 15.9 Å². The van der Waals surface area contributed by atoms with E-state index in [0.29, 0.717) is 11.1 Å². The van der Waals surface area contributed by atoms with E-state index in [-0.39, 0.29) is 11.2 Å². The Morgan fingerprint density at radius 2 is 1.67 bits per heavy atom. The molecule has 0 aliphatic rings. The number of methoxy groups -OCH3 is 1. The number of hydrogen-bond acceptors (Lipinski definition) is 2. The normalized spacial score (nSPS) is 11.3. The predicted octanol–water partition coefficient (Wildman–Crippen LogP) is 4.99. The average Bonchev–Trinajstić information content (AvgIpc) is 2.45. The van der Waals surface area contributed by atoms with Crippen molar-refractivity contribution >= 4 is 21.7 Å². The van der Waals surface area contributed by atoms with Gasteiger partial charge in [-0.25, -0.2) is 0 Å². The lowest BCUT2D eigenvalue weighted by Crippen LogP contribution is -2.11. The minimum atomic E-state index is 0.00462. The Bertz CT molecular complexity index is 652. The molecule has 0 saturated carbocycles. The molecule has 21 heavy (non-hydrogen) atoms. The zero-order chi connectivity index (χ0) is 15.6. The van der Waals surface area contributed by atoms with Crippen LogP contribution in [0.3, 0.4) is 0 Å². The first-order chi connectivity index (χ1) is 9.82. The monoisotopic (exact) mass is 346 g/mol. The molecule has 110 valence electrons. The van der Waals surface area contributed by atoms with E-state index >= 15 is 0 Å². The molecule has 0 aromatic heterocycles. The van der Waals surface area contributed by atoms with Crippen molar-refractivity contribution in [3.63, 3.8) is 0 Å². The summed E-state index contributed by atoms with van der Waals surface area (Å²) in [5, 5.41) is 0. The summed E-state index contributed by atoms with van der Waals surface area (Å²) < 4.78 is 5.89. The van der Waals surface area contributed by atoms with Gasteiger partial charge in [-0.05, 0) is 45.1 Å². The third-order valence-electron chi connectivity index (χ3n) is 3.43. The largest absolute Gasteiger partial charge is 0.497 e.